The van der Waals surface area contributed by atoms with E-state index in [-0.39, 0.29) is 11.4 Å². The topological polar surface area (TPSA) is 74.7 Å². The zero-order chi connectivity index (χ0) is 14.9. The third-order valence-electron chi connectivity index (χ3n) is 3.63. The highest BCUT2D eigenvalue weighted by molar-refractivity contribution is 7.89. The van der Waals surface area contributed by atoms with Crippen LogP contribution < -0.4 is 0 Å². The summed E-state index contributed by atoms with van der Waals surface area (Å²) in [4.78, 5) is 11.3. The van der Waals surface area contributed by atoms with Crippen molar-refractivity contribution in [3.8, 4) is 0 Å². The Hall–Kier alpha value is -1.11. The highest BCUT2D eigenvalue weighted by Crippen LogP contribution is 2.32. The van der Waals surface area contributed by atoms with Crippen molar-refractivity contribution < 1.29 is 18.3 Å². The molecule has 1 aromatic carbocycles. The van der Waals surface area contributed by atoms with Gasteiger partial charge in [-0.2, -0.15) is 4.31 Å². The second-order valence-electron chi connectivity index (χ2n) is 4.78. The maximum Gasteiger partial charge on any atom is 0.308 e. The molecule has 1 aliphatic heterocycles. The number of halogens is 1. The van der Waals surface area contributed by atoms with Crippen LogP contribution in [0, 0.1) is 5.92 Å². The maximum atomic E-state index is 12.6. The van der Waals surface area contributed by atoms with E-state index in [1.165, 1.54) is 16.4 Å². The second-order valence-corrected chi connectivity index (χ2v) is 7.11. The van der Waals surface area contributed by atoms with Gasteiger partial charge >= 0.3 is 5.97 Å². The molecule has 1 saturated heterocycles. The van der Waals surface area contributed by atoms with Crippen LogP contribution in [-0.4, -0.2) is 36.4 Å². The summed E-state index contributed by atoms with van der Waals surface area (Å²) in [5.41, 5.74) is 0. The van der Waals surface area contributed by atoms with Crippen molar-refractivity contribution in [3.63, 3.8) is 0 Å². The summed E-state index contributed by atoms with van der Waals surface area (Å²) in [7, 11) is -3.70. The third kappa shape index (κ3) is 2.68. The molecular weight excluding hydrogens is 302 g/mol. The summed E-state index contributed by atoms with van der Waals surface area (Å²) in [5.74, 6) is -1.59. The first-order chi connectivity index (χ1) is 9.37. The molecule has 2 atom stereocenters. The molecule has 1 heterocycles. The summed E-state index contributed by atoms with van der Waals surface area (Å²) >= 11 is 5.83. The largest absolute Gasteiger partial charge is 0.481 e. The molecule has 0 saturated carbocycles. The van der Waals surface area contributed by atoms with Crippen molar-refractivity contribution in [2.45, 2.75) is 30.7 Å². The Labute approximate surface area is 123 Å². The van der Waals surface area contributed by atoms with Crippen LogP contribution in [0.1, 0.15) is 19.8 Å². The van der Waals surface area contributed by atoms with Crippen LogP contribution in [0.15, 0.2) is 29.2 Å². The van der Waals surface area contributed by atoms with Crippen molar-refractivity contribution in [2.75, 3.05) is 6.54 Å². The van der Waals surface area contributed by atoms with Gasteiger partial charge in [0, 0.05) is 17.6 Å². The van der Waals surface area contributed by atoms with Gasteiger partial charge in [-0.25, -0.2) is 8.42 Å². The number of carboxylic acids is 1. The number of rotatable bonds is 4. The molecule has 5 nitrogen and oxygen atoms in total. The lowest BCUT2D eigenvalue weighted by molar-refractivity contribution is -0.142. The van der Waals surface area contributed by atoms with E-state index < -0.39 is 28.0 Å². The first-order valence-corrected chi connectivity index (χ1v) is 8.20. The van der Waals surface area contributed by atoms with Crippen LogP contribution in [0.25, 0.3) is 0 Å². The molecule has 0 aromatic heterocycles. The molecule has 1 fully saturated rings. The lowest BCUT2D eigenvalue weighted by atomic mass is 9.99. The summed E-state index contributed by atoms with van der Waals surface area (Å²) < 4.78 is 26.5. The Morgan fingerprint density at radius 3 is 2.75 bits per heavy atom. The number of hydrogen-bond acceptors (Lipinski definition) is 3. The van der Waals surface area contributed by atoms with Gasteiger partial charge in [-0.3, -0.25) is 4.79 Å². The monoisotopic (exact) mass is 317 g/mol. The van der Waals surface area contributed by atoms with Gasteiger partial charge in [-0.1, -0.05) is 24.6 Å². The summed E-state index contributed by atoms with van der Waals surface area (Å²) in [6.07, 6.45) is 0.810. The maximum absolute atomic E-state index is 12.6. The molecule has 0 aliphatic carbocycles. The van der Waals surface area contributed by atoms with Gasteiger partial charge in [0.25, 0.3) is 0 Å². The van der Waals surface area contributed by atoms with Gasteiger partial charge in [0.1, 0.15) is 0 Å². The molecule has 7 heteroatoms. The minimum Gasteiger partial charge on any atom is -0.481 e. The highest BCUT2D eigenvalue weighted by Gasteiger charge is 2.43. The molecule has 0 radical (unpaired) electrons. The number of hydrogen-bond donors (Lipinski definition) is 1. The van der Waals surface area contributed by atoms with Gasteiger partial charge in [-0.05, 0) is 31.0 Å². The fraction of sp³-hybridized carbons (Fsp3) is 0.462. The van der Waals surface area contributed by atoms with Crippen molar-refractivity contribution in [3.05, 3.63) is 29.3 Å². The van der Waals surface area contributed by atoms with Crippen LogP contribution in [-0.2, 0) is 14.8 Å². The van der Waals surface area contributed by atoms with E-state index in [2.05, 4.69) is 0 Å². The van der Waals surface area contributed by atoms with Gasteiger partial charge < -0.3 is 5.11 Å². The quantitative estimate of drug-likeness (QED) is 0.924. The van der Waals surface area contributed by atoms with E-state index in [1.807, 2.05) is 0 Å². The number of aliphatic carboxylic acids is 1. The molecule has 1 N–H and O–H groups in total. The molecule has 2 unspecified atom stereocenters. The average molecular weight is 318 g/mol. The zero-order valence-electron chi connectivity index (χ0n) is 11.0. The van der Waals surface area contributed by atoms with Crippen LogP contribution in [0.2, 0.25) is 5.02 Å². The minimum atomic E-state index is -3.70. The van der Waals surface area contributed by atoms with E-state index in [4.69, 9.17) is 11.6 Å². The molecule has 110 valence electrons. The Kier molecular flexibility index (Phi) is 4.36. The molecule has 1 aliphatic rings. The molecule has 0 amide bonds. The van der Waals surface area contributed by atoms with Crippen molar-refractivity contribution >= 4 is 27.6 Å². The minimum absolute atomic E-state index is 0.106. The molecular formula is C13H16ClNO4S. The van der Waals surface area contributed by atoms with E-state index in [0.717, 1.165) is 0 Å². The Bertz CT molecular complexity index is 617. The number of nitrogens with zero attached hydrogens (tertiary/aromatic N) is 1. The zero-order valence-corrected chi connectivity index (χ0v) is 12.6. The SMILES string of the molecule is CCC1C(C(=O)O)CCN1S(=O)(=O)c1cccc(Cl)c1. The van der Waals surface area contributed by atoms with Crippen LogP contribution in [0.4, 0.5) is 0 Å². The van der Waals surface area contributed by atoms with Gasteiger partial charge in [0.15, 0.2) is 0 Å². The summed E-state index contributed by atoms with van der Waals surface area (Å²) in [5, 5.41) is 9.51. The number of sulfonamides is 1. The Morgan fingerprint density at radius 1 is 1.50 bits per heavy atom. The fourth-order valence-corrected chi connectivity index (χ4v) is 4.71. The van der Waals surface area contributed by atoms with E-state index in [0.29, 0.717) is 17.9 Å². The van der Waals surface area contributed by atoms with E-state index in [9.17, 15) is 18.3 Å². The first-order valence-electron chi connectivity index (χ1n) is 6.38. The van der Waals surface area contributed by atoms with Crippen molar-refractivity contribution in [1.82, 2.24) is 4.31 Å². The third-order valence-corrected chi connectivity index (χ3v) is 5.79. The van der Waals surface area contributed by atoms with Crippen molar-refractivity contribution in [2.24, 2.45) is 5.92 Å². The smallest absolute Gasteiger partial charge is 0.308 e. The number of carbonyl (C=O) groups is 1. The van der Waals surface area contributed by atoms with Crippen molar-refractivity contribution in [1.29, 1.82) is 0 Å². The molecule has 1 aromatic rings. The lowest BCUT2D eigenvalue weighted by Crippen LogP contribution is -2.39. The van der Waals surface area contributed by atoms with Gasteiger partial charge in [0.2, 0.25) is 10.0 Å². The van der Waals surface area contributed by atoms with E-state index in [1.54, 1.807) is 19.1 Å². The predicted molar refractivity (Wildman–Crippen MR) is 75.2 cm³/mol. The summed E-state index contributed by atoms with van der Waals surface area (Å²) in [6, 6.07) is 5.53. The summed E-state index contributed by atoms with van der Waals surface area (Å²) in [6.45, 7) is 2.02. The first kappa shape index (κ1) is 15.3. The van der Waals surface area contributed by atoms with E-state index >= 15 is 0 Å². The Morgan fingerprint density at radius 2 is 2.20 bits per heavy atom. The fourth-order valence-electron chi connectivity index (χ4n) is 2.66. The number of carboxylic acid groups (broad SMARTS) is 1. The normalized spacial score (nSPS) is 23.9. The predicted octanol–water partition coefficient (Wildman–Crippen LogP) is 2.21. The number of benzene rings is 1. The molecule has 20 heavy (non-hydrogen) atoms. The van der Waals surface area contributed by atoms with Crippen LogP contribution in [0.5, 0.6) is 0 Å². The van der Waals surface area contributed by atoms with Crippen LogP contribution >= 0.6 is 11.6 Å². The lowest BCUT2D eigenvalue weighted by Gasteiger charge is -2.25. The van der Waals surface area contributed by atoms with Crippen LogP contribution in [0.3, 0.4) is 0 Å². The Balaban J connectivity index is 2.37. The second kappa shape index (κ2) is 5.71. The molecule has 2 rings (SSSR count). The molecule has 0 bridgehead atoms. The molecule has 0 spiro atoms. The standard InChI is InChI=1S/C13H16ClNO4S/c1-2-12-11(13(16)17)6-7-15(12)20(18,19)10-5-3-4-9(14)8-10/h3-5,8,11-12H,2,6-7H2,1H3,(H,16,17). The van der Waals surface area contributed by atoms with Gasteiger partial charge in [-0.15, -0.1) is 0 Å². The average Bonchev–Trinajstić information content (AvgIpc) is 2.83. The van der Waals surface area contributed by atoms with Gasteiger partial charge in [0.05, 0.1) is 10.8 Å². The highest BCUT2D eigenvalue weighted by atomic mass is 35.5.